The van der Waals surface area contributed by atoms with Gasteiger partial charge in [0.05, 0.1) is 19.3 Å². The summed E-state index contributed by atoms with van der Waals surface area (Å²) >= 11 is 0. The quantitative estimate of drug-likeness (QED) is 0.799. The van der Waals surface area contributed by atoms with E-state index in [1.54, 1.807) is 0 Å². The Labute approximate surface area is 167 Å². The maximum absolute atomic E-state index is 12.4. The molecular weight excluding hydrogens is 352 g/mol. The number of nitrogens with zero attached hydrogens (tertiary/aromatic N) is 1. The molecule has 1 fully saturated rings. The number of ether oxygens (including phenoxy) is 2. The molecular formula is C23H30N2O3. The monoisotopic (exact) mass is 382 g/mol. The van der Waals surface area contributed by atoms with Crippen molar-refractivity contribution in [3.63, 3.8) is 0 Å². The summed E-state index contributed by atoms with van der Waals surface area (Å²) in [5.74, 6) is 0.657. The van der Waals surface area contributed by atoms with E-state index in [4.69, 9.17) is 9.47 Å². The molecule has 1 saturated heterocycles. The smallest absolute Gasteiger partial charge is 0.258 e. The molecule has 1 atom stereocenters. The standard InChI is InChI=1S/C23H30N2O3/c1-17-7-9-20(10-8-17)21(25-11-13-27-14-12-25)15-24-23(26)16-28-22-6-4-5-18(2)19(22)3/h4-10,21H,11-16H2,1-3H3,(H,24,26). The second kappa shape index (κ2) is 9.71. The van der Waals surface area contributed by atoms with E-state index in [1.807, 2.05) is 32.0 Å². The van der Waals surface area contributed by atoms with Crippen LogP contribution in [0.25, 0.3) is 0 Å². The molecule has 1 N–H and O–H groups in total. The van der Waals surface area contributed by atoms with Crippen LogP contribution < -0.4 is 10.1 Å². The van der Waals surface area contributed by atoms with Crippen molar-refractivity contribution in [2.45, 2.75) is 26.8 Å². The Kier molecular flexibility index (Phi) is 7.06. The minimum atomic E-state index is -0.105. The lowest BCUT2D eigenvalue weighted by Gasteiger charge is -2.35. The van der Waals surface area contributed by atoms with Crippen molar-refractivity contribution in [3.05, 3.63) is 64.7 Å². The Bertz CT molecular complexity index is 783. The van der Waals surface area contributed by atoms with Gasteiger partial charge in [-0.1, -0.05) is 42.0 Å². The molecule has 0 bridgehead atoms. The van der Waals surface area contributed by atoms with Crippen LogP contribution in [0.2, 0.25) is 0 Å². The SMILES string of the molecule is Cc1ccc(C(CNC(=O)COc2cccc(C)c2C)N2CCOCC2)cc1. The fraction of sp³-hybridized carbons (Fsp3) is 0.435. The highest BCUT2D eigenvalue weighted by atomic mass is 16.5. The predicted octanol–water partition coefficient (Wildman–Crippen LogP) is 3.18. The van der Waals surface area contributed by atoms with Crippen LogP contribution in [0.3, 0.4) is 0 Å². The summed E-state index contributed by atoms with van der Waals surface area (Å²) in [6, 6.07) is 14.6. The fourth-order valence-corrected chi connectivity index (χ4v) is 3.42. The van der Waals surface area contributed by atoms with Crippen molar-refractivity contribution in [2.75, 3.05) is 39.5 Å². The second-order valence-electron chi connectivity index (χ2n) is 7.37. The van der Waals surface area contributed by atoms with E-state index in [9.17, 15) is 4.79 Å². The maximum Gasteiger partial charge on any atom is 0.258 e. The van der Waals surface area contributed by atoms with Crippen molar-refractivity contribution in [1.29, 1.82) is 0 Å². The highest BCUT2D eigenvalue weighted by molar-refractivity contribution is 5.77. The minimum absolute atomic E-state index is 0.0218. The third-order valence-corrected chi connectivity index (χ3v) is 5.35. The molecule has 150 valence electrons. The molecule has 5 nitrogen and oxygen atoms in total. The van der Waals surface area contributed by atoms with Crippen LogP contribution in [0.4, 0.5) is 0 Å². The molecule has 1 amide bonds. The van der Waals surface area contributed by atoms with Gasteiger partial charge >= 0.3 is 0 Å². The molecule has 1 aliphatic heterocycles. The molecule has 1 heterocycles. The summed E-state index contributed by atoms with van der Waals surface area (Å²) in [6.07, 6.45) is 0. The summed E-state index contributed by atoms with van der Waals surface area (Å²) in [4.78, 5) is 14.8. The van der Waals surface area contributed by atoms with E-state index in [0.29, 0.717) is 6.54 Å². The van der Waals surface area contributed by atoms with Gasteiger partial charge in [-0.15, -0.1) is 0 Å². The number of nitrogens with one attached hydrogen (secondary N) is 1. The molecule has 2 aromatic rings. The van der Waals surface area contributed by atoms with E-state index in [1.165, 1.54) is 11.1 Å². The highest BCUT2D eigenvalue weighted by Crippen LogP contribution is 2.22. The number of amides is 1. The molecule has 0 radical (unpaired) electrons. The maximum atomic E-state index is 12.4. The largest absolute Gasteiger partial charge is 0.483 e. The van der Waals surface area contributed by atoms with Gasteiger partial charge < -0.3 is 14.8 Å². The van der Waals surface area contributed by atoms with Crippen molar-refractivity contribution in [3.8, 4) is 5.75 Å². The van der Waals surface area contributed by atoms with Crippen LogP contribution in [0.1, 0.15) is 28.3 Å². The molecule has 0 saturated carbocycles. The van der Waals surface area contributed by atoms with Crippen molar-refractivity contribution in [2.24, 2.45) is 0 Å². The number of hydrogen-bond donors (Lipinski definition) is 1. The zero-order valence-electron chi connectivity index (χ0n) is 17.0. The number of carbonyl (C=O) groups excluding carboxylic acids is 1. The van der Waals surface area contributed by atoms with Gasteiger partial charge in [0.2, 0.25) is 0 Å². The Morgan fingerprint density at radius 3 is 2.54 bits per heavy atom. The van der Waals surface area contributed by atoms with Crippen molar-refractivity contribution < 1.29 is 14.3 Å². The lowest BCUT2D eigenvalue weighted by molar-refractivity contribution is -0.123. The Morgan fingerprint density at radius 1 is 1.11 bits per heavy atom. The zero-order valence-corrected chi connectivity index (χ0v) is 17.0. The van der Waals surface area contributed by atoms with E-state index in [2.05, 4.69) is 41.4 Å². The number of morpholine rings is 1. The third-order valence-electron chi connectivity index (χ3n) is 5.35. The molecule has 1 aliphatic rings. The van der Waals surface area contributed by atoms with Crippen LogP contribution >= 0.6 is 0 Å². The predicted molar refractivity (Wildman–Crippen MR) is 111 cm³/mol. The highest BCUT2D eigenvalue weighted by Gasteiger charge is 2.23. The zero-order chi connectivity index (χ0) is 19.9. The lowest BCUT2D eigenvalue weighted by atomic mass is 10.0. The van der Waals surface area contributed by atoms with Crippen LogP contribution in [0.15, 0.2) is 42.5 Å². The lowest BCUT2D eigenvalue weighted by Crippen LogP contribution is -2.44. The summed E-state index contributed by atoms with van der Waals surface area (Å²) < 4.78 is 11.2. The van der Waals surface area contributed by atoms with E-state index >= 15 is 0 Å². The first-order chi connectivity index (χ1) is 13.5. The average Bonchev–Trinajstić information content (AvgIpc) is 2.71. The fourth-order valence-electron chi connectivity index (χ4n) is 3.42. The summed E-state index contributed by atoms with van der Waals surface area (Å²) in [6.45, 7) is 9.90. The molecule has 0 spiro atoms. The van der Waals surface area contributed by atoms with Crippen LogP contribution in [0.5, 0.6) is 5.75 Å². The Hall–Kier alpha value is -2.37. The molecule has 2 aromatic carbocycles. The van der Waals surface area contributed by atoms with Gasteiger partial charge in [-0.05, 0) is 43.5 Å². The number of hydrogen-bond acceptors (Lipinski definition) is 4. The second-order valence-corrected chi connectivity index (χ2v) is 7.37. The van der Waals surface area contributed by atoms with Gasteiger partial charge in [0.25, 0.3) is 5.91 Å². The number of aryl methyl sites for hydroxylation is 2. The molecule has 28 heavy (non-hydrogen) atoms. The van der Waals surface area contributed by atoms with Gasteiger partial charge in [-0.25, -0.2) is 0 Å². The summed E-state index contributed by atoms with van der Waals surface area (Å²) in [7, 11) is 0. The van der Waals surface area contributed by atoms with Crippen LogP contribution in [-0.4, -0.2) is 50.3 Å². The van der Waals surface area contributed by atoms with Gasteiger partial charge in [0, 0.05) is 19.6 Å². The van der Waals surface area contributed by atoms with Crippen LogP contribution in [-0.2, 0) is 9.53 Å². The number of rotatable bonds is 7. The molecule has 0 aliphatic carbocycles. The first-order valence-corrected chi connectivity index (χ1v) is 9.88. The molecule has 1 unspecified atom stereocenters. The minimum Gasteiger partial charge on any atom is -0.483 e. The van der Waals surface area contributed by atoms with Crippen LogP contribution in [0, 0.1) is 20.8 Å². The first kappa shape index (κ1) is 20.4. The summed E-state index contributed by atoms with van der Waals surface area (Å²) in [5.41, 5.74) is 4.67. The molecule has 5 heteroatoms. The van der Waals surface area contributed by atoms with Crippen molar-refractivity contribution >= 4 is 5.91 Å². The normalized spacial score (nSPS) is 15.8. The Morgan fingerprint density at radius 2 is 1.82 bits per heavy atom. The van der Waals surface area contributed by atoms with Gasteiger partial charge in [-0.2, -0.15) is 0 Å². The van der Waals surface area contributed by atoms with Gasteiger partial charge in [-0.3, -0.25) is 9.69 Å². The van der Waals surface area contributed by atoms with E-state index in [0.717, 1.165) is 43.2 Å². The number of carbonyl (C=O) groups is 1. The molecule has 0 aromatic heterocycles. The van der Waals surface area contributed by atoms with Gasteiger partial charge in [0.1, 0.15) is 5.75 Å². The molecule has 3 rings (SSSR count). The number of benzene rings is 2. The van der Waals surface area contributed by atoms with E-state index in [-0.39, 0.29) is 18.6 Å². The summed E-state index contributed by atoms with van der Waals surface area (Å²) in [5, 5.41) is 3.05. The van der Waals surface area contributed by atoms with Gasteiger partial charge in [0.15, 0.2) is 6.61 Å². The third kappa shape index (κ3) is 5.33. The van der Waals surface area contributed by atoms with Crippen molar-refractivity contribution in [1.82, 2.24) is 10.2 Å². The topological polar surface area (TPSA) is 50.8 Å². The first-order valence-electron chi connectivity index (χ1n) is 9.88. The average molecular weight is 383 g/mol. The van der Waals surface area contributed by atoms with E-state index < -0.39 is 0 Å². The Balaban J connectivity index is 1.60.